The number of allylic oxidation sites excluding steroid dienone is 1. The SMILES string of the molecule is C=C1C[C@H](C)C[C@@H]2CC=C[C@@H](C/C=C\C(=O)O[C@H]([C@@H](O)/C=C/C)C[C@@H]3O[C@H]3[C@@H](O)C1)O2. The fraction of sp³-hybridized carbons (Fsp3) is 0.640. The van der Waals surface area contributed by atoms with Crippen LogP contribution in [0, 0.1) is 5.92 Å². The fourth-order valence-electron chi connectivity index (χ4n) is 4.52. The van der Waals surface area contributed by atoms with Gasteiger partial charge in [-0.2, -0.15) is 0 Å². The number of ether oxygens (including phenoxy) is 3. The van der Waals surface area contributed by atoms with Crippen LogP contribution in [0.15, 0.2) is 48.6 Å². The maximum atomic E-state index is 12.3. The summed E-state index contributed by atoms with van der Waals surface area (Å²) in [4.78, 5) is 12.3. The summed E-state index contributed by atoms with van der Waals surface area (Å²) in [5.41, 5.74) is 0.998. The van der Waals surface area contributed by atoms with Gasteiger partial charge in [0.05, 0.1) is 24.4 Å². The van der Waals surface area contributed by atoms with Crippen LogP contribution in [0.4, 0.5) is 0 Å². The molecule has 0 spiro atoms. The van der Waals surface area contributed by atoms with Crippen LogP contribution in [0.25, 0.3) is 0 Å². The standard InChI is InChI=1S/C25H36O6/c1-4-7-20(26)22-15-23-25(31-23)21(27)14-17(3)12-16(2)13-19-10-5-8-18(29-19)9-6-11-24(28)30-22/h4-8,11,16,18-23,25-27H,3,9-10,12-15H2,1-2H3/b7-4+,11-6-/t16-,18-,19-,20-,21-,22-,23-,25-/m0/s1. The maximum Gasteiger partial charge on any atom is 0.330 e. The Morgan fingerprint density at radius 2 is 2.00 bits per heavy atom. The van der Waals surface area contributed by atoms with E-state index in [1.54, 1.807) is 25.2 Å². The predicted molar refractivity (Wildman–Crippen MR) is 118 cm³/mol. The molecule has 0 aromatic heterocycles. The van der Waals surface area contributed by atoms with Gasteiger partial charge < -0.3 is 24.4 Å². The van der Waals surface area contributed by atoms with Crippen LogP contribution in [-0.4, -0.2) is 58.9 Å². The molecule has 0 saturated carbocycles. The van der Waals surface area contributed by atoms with Gasteiger partial charge in [0.2, 0.25) is 0 Å². The molecule has 0 unspecified atom stereocenters. The number of esters is 1. The average molecular weight is 433 g/mol. The molecule has 1 saturated heterocycles. The van der Waals surface area contributed by atoms with Gasteiger partial charge in [0.25, 0.3) is 0 Å². The number of carbonyl (C=O) groups is 1. The van der Waals surface area contributed by atoms with Crippen LogP contribution in [0.2, 0.25) is 0 Å². The van der Waals surface area contributed by atoms with Gasteiger partial charge in [0.15, 0.2) is 0 Å². The molecule has 2 N–H and O–H groups in total. The summed E-state index contributed by atoms with van der Waals surface area (Å²) >= 11 is 0. The van der Waals surface area contributed by atoms with Gasteiger partial charge >= 0.3 is 5.97 Å². The minimum Gasteiger partial charge on any atom is -0.456 e. The van der Waals surface area contributed by atoms with Gasteiger partial charge in [0, 0.05) is 12.5 Å². The summed E-state index contributed by atoms with van der Waals surface area (Å²) in [7, 11) is 0. The Morgan fingerprint density at radius 1 is 1.19 bits per heavy atom. The van der Waals surface area contributed by atoms with Crippen molar-refractivity contribution >= 4 is 5.97 Å². The van der Waals surface area contributed by atoms with Crippen LogP contribution >= 0.6 is 0 Å². The van der Waals surface area contributed by atoms with Crippen molar-refractivity contribution in [3.05, 3.63) is 48.6 Å². The average Bonchev–Trinajstić information content (AvgIpc) is 3.46. The Bertz CT molecular complexity index is 711. The van der Waals surface area contributed by atoms with Crippen molar-refractivity contribution in [2.75, 3.05) is 0 Å². The lowest BCUT2D eigenvalue weighted by Gasteiger charge is -2.28. The lowest BCUT2D eigenvalue weighted by atomic mass is 9.91. The molecule has 172 valence electrons. The lowest BCUT2D eigenvalue weighted by molar-refractivity contribution is -0.148. The highest BCUT2D eigenvalue weighted by Crippen LogP contribution is 2.34. The predicted octanol–water partition coefficient (Wildman–Crippen LogP) is 3.39. The first-order valence-corrected chi connectivity index (χ1v) is 11.4. The molecule has 3 aliphatic rings. The maximum absolute atomic E-state index is 12.3. The van der Waals surface area contributed by atoms with Crippen LogP contribution in [0.3, 0.4) is 0 Å². The zero-order chi connectivity index (χ0) is 22.4. The highest BCUT2D eigenvalue weighted by atomic mass is 16.6. The molecule has 2 bridgehead atoms. The molecule has 0 amide bonds. The van der Waals surface area contributed by atoms with Crippen molar-refractivity contribution in [2.45, 2.75) is 95.1 Å². The van der Waals surface area contributed by atoms with Crippen LogP contribution in [0.1, 0.15) is 52.4 Å². The number of epoxide rings is 1. The molecule has 1 fully saturated rings. The second-order valence-corrected chi connectivity index (χ2v) is 9.03. The summed E-state index contributed by atoms with van der Waals surface area (Å²) in [5, 5.41) is 21.0. The Labute approximate surface area is 185 Å². The van der Waals surface area contributed by atoms with Gasteiger partial charge in [0.1, 0.15) is 18.3 Å². The third kappa shape index (κ3) is 7.42. The largest absolute Gasteiger partial charge is 0.456 e. The molecule has 3 aliphatic heterocycles. The Balaban J connectivity index is 1.71. The van der Waals surface area contributed by atoms with E-state index in [1.165, 1.54) is 6.08 Å². The van der Waals surface area contributed by atoms with E-state index in [1.807, 2.05) is 6.08 Å². The van der Waals surface area contributed by atoms with Crippen LogP contribution < -0.4 is 0 Å². The van der Waals surface area contributed by atoms with Gasteiger partial charge in [-0.15, -0.1) is 0 Å². The minimum atomic E-state index is -0.934. The Hall–Kier alpha value is -1.73. The molecule has 6 nitrogen and oxygen atoms in total. The Kier molecular flexibility index (Phi) is 8.67. The van der Waals surface area contributed by atoms with E-state index in [4.69, 9.17) is 14.2 Å². The molecule has 0 aliphatic carbocycles. The zero-order valence-corrected chi connectivity index (χ0v) is 18.6. The van der Waals surface area contributed by atoms with Crippen molar-refractivity contribution in [3.63, 3.8) is 0 Å². The summed E-state index contributed by atoms with van der Waals surface area (Å²) in [6, 6.07) is 0. The molecule has 8 atom stereocenters. The number of aliphatic hydroxyl groups is 2. The number of carbonyl (C=O) groups excluding carboxylic acids is 1. The highest BCUT2D eigenvalue weighted by Gasteiger charge is 2.46. The smallest absolute Gasteiger partial charge is 0.330 e. The van der Waals surface area contributed by atoms with Crippen molar-refractivity contribution in [1.82, 2.24) is 0 Å². The Morgan fingerprint density at radius 3 is 2.77 bits per heavy atom. The number of fused-ring (bicyclic) bond motifs is 3. The van der Waals surface area contributed by atoms with E-state index in [9.17, 15) is 15.0 Å². The fourth-order valence-corrected chi connectivity index (χ4v) is 4.52. The normalized spacial score (nSPS) is 39.8. The quantitative estimate of drug-likeness (QED) is 0.395. The summed E-state index contributed by atoms with van der Waals surface area (Å²) in [6.07, 6.45) is 11.8. The molecule has 3 heterocycles. The molecular weight excluding hydrogens is 396 g/mol. The first kappa shape index (κ1) is 23.9. The number of cyclic esters (lactones) is 1. The first-order valence-electron chi connectivity index (χ1n) is 11.4. The topological polar surface area (TPSA) is 88.5 Å². The first-order chi connectivity index (χ1) is 14.9. The van der Waals surface area contributed by atoms with E-state index < -0.39 is 24.3 Å². The molecule has 3 rings (SSSR count). The summed E-state index contributed by atoms with van der Waals surface area (Å²) < 4.78 is 17.3. The van der Waals surface area contributed by atoms with E-state index in [-0.39, 0.29) is 24.4 Å². The van der Waals surface area contributed by atoms with Crippen molar-refractivity contribution in [3.8, 4) is 0 Å². The minimum absolute atomic E-state index is 0.0658. The highest BCUT2D eigenvalue weighted by molar-refractivity contribution is 5.82. The molecule has 31 heavy (non-hydrogen) atoms. The van der Waals surface area contributed by atoms with Gasteiger partial charge in [-0.1, -0.05) is 49.5 Å². The van der Waals surface area contributed by atoms with E-state index in [0.717, 1.165) is 24.8 Å². The number of hydrogen-bond donors (Lipinski definition) is 2. The third-order valence-electron chi connectivity index (χ3n) is 6.04. The number of hydrogen-bond acceptors (Lipinski definition) is 6. The molecule has 0 aromatic carbocycles. The van der Waals surface area contributed by atoms with E-state index in [0.29, 0.717) is 25.2 Å². The van der Waals surface area contributed by atoms with Gasteiger partial charge in [-0.25, -0.2) is 4.79 Å². The summed E-state index contributed by atoms with van der Waals surface area (Å²) in [5.74, 6) is -0.108. The number of rotatable bonds is 2. The third-order valence-corrected chi connectivity index (χ3v) is 6.04. The number of aliphatic hydroxyl groups excluding tert-OH is 2. The zero-order valence-electron chi connectivity index (χ0n) is 18.6. The van der Waals surface area contributed by atoms with Crippen LogP contribution in [0.5, 0.6) is 0 Å². The second-order valence-electron chi connectivity index (χ2n) is 9.03. The molecule has 0 aromatic rings. The molecule has 0 radical (unpaired) electrons. The summed E-state index contributed by atoms with van der Waals surface area (Å²) in [6.45, 7) is 8.14. The van der Waals surface area contributed by atoms with Gasteiger partial charge in [-0.3, -0.25) is 0 Å². The van der Waals surface area contributed by atoms with E-state index >= 15 is 0 Å². The second kappa shape index (κ2) is 11.2. The van der Waals surface area contributed by atoms with Crippen molar-refractivity contribution in [1.29, 1.82) is 0 Å². The molecule has 6 heteroatoms. The lowest BCUT2D eigenvalue weighted by Crippen LogP contribution is -2.32. The van der Waals surface area contributed by atoms with Crippen LogP contribution in [-0.2, 0) is 19.0 Å². The van der Waals surface area contributed by atoms with Gasteiger partial charge in [-0.05, 0) is 44.9 Å². The molecular formula is C25H36O6. The van der Waals surface area contributed by atoms with E-state index in [2.05, 4.69) is 19.6 Å². The van der Waals surface area contributed by atoms with Crippen molar-refractivity contribution in [2.24, 2.45) is 5.92 Å². The van der Waals surface area contributed by atoms with Crippen molar-refractivity contribution < 1.29 is 29.2 Å². The monoisotopic (exact) mass is 432 g/mol.